The maximum Gasteiger partial charge on any atom is 0.248 e. The summed E-state index contributed by atoms with van der Waals surface area (Å²) in [7, 11) is 1.60. The maximum atomic E-state index is 13.6. The lowest BCUT2D eigenvalue weighted by Gasteiger charge is -2.30. The summed E-state index contributed by atoms with van der Waals surface area (Å²) in [6, 6.07) is 16.9. The van der Waals surface area contributed by atoms with Gasteiger partial charge in [0, 0.05) is 52.7 Å². The molecule has 0 aliphatic heterocycles. The number of benzene rings is 2. The summed E-state index contributed by atoms with van der Waals surface area (Å²) < 4.78 is 32.6. The molecular formula is C26H24Cl2F2N2OS. The fourth-order valence-corrected chi connectivity index (χ4v) is 4.72. The molecule has 3 aromatic rings. The monoisotopic (exact) mass is 520 g/mol. The van der Waals surface area contributed by atoms with Gasteiger partial charge < -0.3 is 10.1 Å². The molecule has 1 aromatic heterocycles. The van der Waals surface area contributed by atoms with E-state index in [9.17, 15) is 8.78 Å². The number of pyridine rings is 1. The second-order valence-corrected chi connectivity index (χ2v) is 9.71. The maximum absolute atomic E-state index is 13.6. The van der Waals surface area contributed by atoms with E-state index < -0.39 is 5.92 Å². The van der Waals surface area contributed by atoms with E-state index in [1.807, 2.05) is 54.6 Å². The van der Waals surface area contributed by atoms with Crippen molar-refractivity contribution in [2.75, 3.05) is 7.11 Å². The first-order valence-corrected chi connectivity index (χ1v) is 12.2. The summed E-state index contributed by atoms with van der Waals surface area (Å²) in [5.41, 5.74) is 4.84. The fourth-order valence-electron chi connectivity index (χ4n) is 4.12. The molecule has 1 fully saturated rings. The molecule has 0 saturated heterocycles. The van der Waals surface area contributed by atoms with E-state index in [0.29, 0.717) is 33.6 Å². The summed E-state index contributed by atoms with van der Waals surface area (Å²) >= 11 is 18.0. The number of methoxy groups -OCH3 is 1. The number of thiocarbonyl (C=S) groups is 1. The molecule has 178 valence electrons. The Balaban J connectivity index is 1.76. The van der Waals surface area contributed by atoms with E-state index in [1.54, 1.807) is 7.11 Å². The van der Waals surface area contributed by atoms with E-state index in [1.165, 1.54) is 0 Å². The van der Waals surface area contributed by atoms with Crippen LogP contribution in [-0.2, 0) is 11.3 Å². The van der Waals surface area contributed by atoms with Gasteiger partial charge in [-0.25, -0.2) is 13.8 Å². The summed E-state index contributed by atoms with van der Waals surface area (Å²) in [4.78, 5) is 5.43. The quantitative estimate of drug-likeness (QED) is 0.337. The van der Waals surface area contributed by atoms with Crippen LogP contribution in [0, 0.1) is 0 Å². The van der Waals surface area contributed by atoms with Crippen molar-refractivity contribution in [2.24, 2.45) is 0 Å². The first-order chi connectivity index (χ1) is 16.3. The Morgan fingerprint density at radius 2 is 1.59 bits per heavy atom. The highest BCUT2D eigenvalue weighted by atomic mass is 35.5. The standard InChI is InChI=1S/C26H24Cl2F2N2OS/c1-33-15-23-22(25(34)31-20-10-12-26(29,30)13-11-20)14-21(16-2-6-18(27)7-3-16)24(32-23)17-4-8-19(28)9-5-17/h2-9,14,20H,10-13,15H2,1H3,(H,31,34). The largest absolute Gasteiger partial charge is 0.378 e. The van der Waals surface area contributed by atoms with Crippen molar-refractivity contribution in [1.82, 2.24) is 10.3 Å². The van der Waals surface area contributed by atoms with E-state index in [4.69, 9.17) is 45.1 Å². The third-order valence-electron chi connectivity index (χ3n) is 5.95. The van der Waals surface area contributed by atoms with Gasteiger partial charge in [0.25, 0.3) is 0 Å². The van der Waals surface area contributed by atoms with Crippen molar-refractivity contribution in [3.63, 3.8) is 0 Å². The minimum atomic E-state index is -2.59. The highest BCUT2D eigenvalue weighted by Gasteiger charge is 2.35. The van der Waals surface area contributed by atoms with Gasteiger partial charge in [-0.1, -0.05) is 59.7 Å². The van der Waals surface area contributed by atoms with Gasteiger partial charge in [0.15, 0.2) is 0 Å². The number of nitrogens with one attached hydrogen (secondary N) is 1. The zero-order valence-corrected chi connectivity index (χ0v) is 20.9. The van der Waals surface area contributed by atoms with Crippen molar-refractivity contribution in [1.29, 1.82) is 0 Å². The van der Waals surface area contributed by atoms with Crippen molar-refractivity contribution in [3.8, 4) is 22.4 Å². The first-order valence-electron chi connectivity index (χ1n) is 11.0. The van der Waals surface area contributed by atoms with Gasteiger partial charge in [0.1, 0.15) is 4.99 Å². The Morgan fingerprint density at radius 3 is 2.15 bits per heavy atom. The highest BCUT2D eigenvalue weighted by molar-refractivity contribution is 7.80. The van der Waals surface area contributed by atoms with Crippen LogP contribution < -0.4 is 5.32 Å². The lowest BCUT2D eigenvalue weighted by molar-refractivity contribution is -0.0389. The molecule has 0 bridgehead atoms. The van der Waals surface area contributed by atoms with Crippen LogP contribution in [0.5, 0.6) is 0 Å². The minimum Gasteiger partial charge on any atom is -0.378 e. The second-order valence-electron chi connectivity index (χ2n) is 8.43. The van der Waals surface area contributed by atoms with E-state index in [0.717, 1.165) is 27.9 Å². The number of hydrogen-bond acceptors (Lipinski definition) is 3. The molecule has 0 amide bonds. The number of aromatic nitrogens is 1. The van der Waals surface area contributed by atoms with Crippen molar-refractivity contribution < 1.29 is 13.5 Å². The zero-order valence-electron chi connectivity index (χ0n) is 18.6. The van der Waals surface area contributed by atoms with Gasteiger partial charge in [0.2, 0.25) is 5.92 Å². The van der Waals surface area contributed by atoms with Gasteiger partial charge in [0.05, 0.1) is 18.0 Å². The highest BCUT2D eigenvalue weighted by Crippen LogP contribution is 2.35. The van der Waals surface area contributed by atoms with Crippen LogP contribution >= 0.6 is 35.4 Å². The van der Waals surface area contributed by atoms with E-state index >= 15 is 0 Å². The Labute approximate surface area is 213 Å². The average Bonchev–Trinajstić information content (AvgIpc) is 2.81. The van der Waals surface area contributed by atoms with E-state index in [2.05, 4.69) is 5.32 Å². The molecular weight excluding hydrogens is 497 g/mol. The summed E-state index contributed by atoms with van der Waals surface area (Å²) in [5, 5.41) is 4.56. The molecule has 34 heavy (non-hydrogen) atoms. The van der Waals surface area contributed by atoms with Crippen molar-refractivity contribution in [2.45, 2.75) is 44.3 Å². The van der Waals surface area contributed by atoms with Crippen LogP contribution in [0.4, 0.5) is 8.78 Å². The number of nitrogens with zero attached hydrogens (tertiary/aromatic N) is 1. The topological polar surface area (TPSA) is 34.1 Å². The van der Waals surface area contributed by atoms with E-state index in [-0.39, 0.29) is 25.5 Å². The Kier molecular flexibility index (Phi) is 7.83. The summed E-state index contributed by atoms with van der Waals surface area (Å²) in [6.07, 6.45) is 0.462. The zero-order chi connectivity index (χ0) is 24.3. The summed E-state index contributed by atoms with van der Waals surface area (Å²) in [6.45, 7) is 0.251. The second kappa shape index (κ2) is 10.6. The molecule has 1 aliphatic rings. The third kappa shape index (κ3) is 5.92. The molecule has 3 nitrogen and oxygen atoms in total. The van der Waals surface area contributed by atoms with Gasteiger partial charge in [-0.05, 0) is 48.7 Å². The number of rotatable bonds is 6. The number of alkyl halides is 2. The van der Waals surface area contributed by atoms with Crippen LogP contribution in [0.25, 0.3) is 22.4 Å². The first kappa shape index (κ1) is 25.0. The van der Waals surface area contributed by atoms with Crippen LogP contribution in [-0.4, -0.2) is 29.0 Å². The number of ether oxygens (including phenoxy) is 1. The van der Waals surface area contributed by atoms with Crippen molar-refractivity contribution in [3.05, 3.63) is 75.9 Å². The molecule has 1 aliphatic carbocycles. The van der Waals surface area contributed by atoms with Gasteiger partial charge in [-0.3, -0.25) is 0 Å². The van der Waals surface area contributed by atoms with Crippen molar-refractivity contribution >= 4 is 40.4 Å². The third-order valence-corrected chi connectivity index (χ3v) is 6.79. The average molecular weight is 521 g/mol. The van der Waals surface area contributed by atoms with Crippen LogP contribution in [0.2, 0.25) is 10.0 Å². The predicted molar refractivity (Wildman–Crippen MR) is 138 cm³/mol. The predicted octanol–water partition coefficient (Wildman–Crippen LogP) is 7.71. The van der Waals surface area contributed by atoms with Gasteiger partial charge in [-0.2, -0.15) is 0 Å². The number of halogens is 4. The molecule has 1 N–H and O–H groups in total. The lowest BCUT2D eigenvalue weighted by atomic mass is 9.92. The summed E-state index contributed by atoms with van der Waals surface area (Å²) in [5.74, 6) is -2.59. The molecule has 8 heteroatoms. The Morgan fingerprint density at radius 1 is 1.03 bits per heavy atom. The van der Waals surface area contributed by atoms with Gasteiger partial charge in [-0.15, -0.1) is 0 Å². The Bertz CT molecular complexity index is 1160. The molecule has 0 atom stereocenters. The molecule has 0 radical (unpaired) electrons. The van der Waals surface area contributed by atoms with Crippen LogP contribution in [0.15, 0.2) is 54.6 Å². The molecule has 1 heterocycles. The number of hydrogen-bond donors (Lipinski definition) is 1. The van der Waals surface area contributed by atoms with Crippen LogP contribution in [0.3, 0.4) is 0 Å². The minimum absolute atomic E-state index is 0.0996. The molecule has 2 aromatic carbocycles. The SMILES string of the molecule is COCc1nc(-c2ccc(Cl)cc2)c(-c2ccc(Cl)cc2)cc1C(=S)NC1CCC(F)(F)CC1. The van der Waals surface area contributed by atoms with Gasteiger partial charge >= 0.3 is 0 Å². The smallest absolute Gasteiger partial charge is 0.248 e. The lowest BCUT2D eigenvalue weighted by Crippen LogP contribution is -2.40. The molecule has 0 spiro atoms. The molecule has 0 unspecified atom stereocenters. The fraction of sp³-hybridized carbons (Fsp3) is 0.308. The molecule has 1 saturated carbocycles. The molecule has 4 rings (SSSR count). The Hall–Kier alpha value is -2.12. The normalized spacial score (nSPS) is 15.8. The van der Waals surface area contributed by atoms with Crippen LogP contribution in [0.1, 0.15) is 36.9 Å².